The largest absolute Gasteiger partial charge is 0.356 e. The topological polar surface area (TPSA) is 110 Å². The average molecular weight is 381 g/mol. The molecule has 8 heteroatoms. The summed E-state index contributed by atoms with van der Waals surface area (Å²) in [5.74, 6) is -0.312. The van der Waals surface area contributed by atoms with E-state index in [1.54, 1.807) is 0 Å². The number of nitrogens with one attached hydrogen (secondary N) is 1. The molecule has 1 aromatic rings. The Kier molecular flexibility index (Phi) is 6.91. The van der Waals surface area contributed by atoms with E-state index in [0.717, 1.165) is 6.42 Å². The smallest absolute Gasteiger partial charge is 0.243 e. The fraction of sp³-hybridized carbons (Fsp3) is 0.556. The molecule has 1 aromatic carbocycles. The van der Waals surface area contributed by atoms with Gasteiger partial charge in [-0.1, -0.05) is 12.1 Å². The number of carbonyl (C=O) groups is 2. The Morgan fingerprint density at radius 1 is 1.23 bits per heavy atom. The lowest BCUT2D eigenvalue weighted by Gasteiger charge is -2.30. The van der Waals surface area contributed by atoms with Gasteiger partial charge < -0.3 is 11.1 Å². The number of nitrogens with zero attached hydrogens (tertiary/aromatic N) is 1. The molecule has 2 rings (SSSR count). The van der Waals surface area contributed by atoms with E-state index in [4.69, 9.17) is 5.73 Å². The van der Waals surface area contributed by atoms with Gasteiger partial charge in [-0.3, -0.25) is 9.59 Å². The number of sulfonamides is 1. The third-order valence-electron chi connectivity index (χ3n) is 4.62. The van der Waals surface area contributed by atoms with Gasteiger partial charge in [-0.15, -0.1) is 0 Å². The SMILES string of the molecule is CC(=O)c1ccc(S(=O)(=O)N2CCC(C(=O)NCCC(C)N)CC2)cc1. The summed E-state index contributed by atoms with van der Waals surface area (Å²) in [4.78, 5) is 23.6. The fourth-order valence-electron chi connectivity index (χ4n) is 2.94. The van der Waals surface area contributed by atoms with Crippen LogP contribution in [0.1, 0.15) is 43.5 Å². The zero-order chi connectivity index (χ0) is 19.3. The van der Waals surface area contributed by atoms with Gasteiger partial charge >= 0.3 is 0 Å². The van der Waals surface area contributed by atoms with Crippen molar-refractivity contribution >= 4 is 21.7 Å². The molecule has 1 fully saturated rings. The number of hydrogen-bond acceptors (Lipinski definition) is 5. The summed E-state index contributed by atoms with van der Waals surface area (Å²) >= 11 is 0. The molecule has 144 valence electrons. The molecule has 1 unspecified atom stereocenters. The first-order valence-corrected chi connectivity index (χ1v) is 10.3. The van der Waals surface area contributed by atoms with Gasteiger partial charge in [-0.2, -0.15) is 4.31 Å². The van der Waals surface area contributed by atoms with Crippen molar-refractivity contribution < 1.29 is 18.0 Å². The number of ketones is 1. The number of hydrogen-bond donors (Lipinski definition) is 2. The molecular formula is C18H27N3O4S. The minimum Gasteiger partial charge on any atom is -0.356 e. The van der Waals surface area contributed by atoms with Gasteiger partial charge in [0.25, 0.3) is 0 Å². The van der Waals surface area contributed by atoms with Crippen molar-refractivity contribution in [2.24, 2.45) is 11.7 Å². The summed E-state index contributed by atoms with van der Waals surface area (Å²) in [5, 5.41) is 2.87. The Bertz CT molecular complexity index is 736. The lowest BCUT2D eigenvalue weighted by atomic mass is 9.97. The molecule has 7 nitrogen and oxygen atoms in total. The van der Waals surface area contributed by atoms with Crippen molar-refractivity contribution in [3.8, 4) is 0 Å². The van der Waals surface area contributed by atoms with Gasteiger partial charge in [0.05, 0.1) is 4.90 Å². The van der Waals surface area contributed by atoms with Crippen LogP contribution in [0, 0.1) is 5.92 Å². The number of nitrogens with two attached hydrogens (primary N) is 1. The maximum atomic E-state index is 12.7. The van der Waals surface area contributed by atoms with Crippen LogP contribution >= 0.6 is 0 Å². The number of benzene rings is 1. The molecule has 1 aliphatic heterocycles. The number of carbonyl (C=O) groups excluding carboxylic acids is 2. The van der Waals surface area contributed by atoms with E-state index < -0.39 is 10.0 Å². The predicted molar refractivity (Wildman–Crippen MR) is 99.2 cm³/mol. The molecule has 1 atom stereocenters. The Labute approximate surface area is 155 Å². The van der Waals surface area contributed by atoms with Gasteiger partial charge in [0, 0.05) is 37.2 Å². The first-order valence-electron chi connectivity index (χ1n) is 8.86. The summed E-state index contributed by atoms with van der Waals surface area (Å²) in [6.07, 6.45) is 1.71. The van der Waals surface area contributed by atoms with E-state index in [2.05, 4.69) is 5.32 Å². The quantitative estimate of drug-likeness (QED) is 0.689. The first kappa shape index (κ1) is 20.5. The molecular weight excluding hydrogens is 354 g/mol. The molecule has 1 aliphatic rings. The van der Waals surface area contributed by atoms with Crippen molar-refractivity contribution in [2.75, 3.05) is 19.6 Å². The second-order valence-corrected chi connectivity index (χ2v) is 8.75. The Morgan fingerprint density at radius 2 is 1.81 bits per heavy atom. The molecule has 0 bridgehead atoms. The van der Waals surface area contributed by atoms with Gasteiger partial charge in [-0.25, -0.2) is 8.42 Å². The number of piperidine rings is 1. The Hall–Kier alpha value is -1.77. The second kappa shape index (κ2) is 8.75. The molecule has 1 heterocycles. The van der Waals surface area contributed by atoms with Crippen LogP contribution in [0.3, 0.4) is 0 Å². The normalized spacial score (nSPS) is 17.7. The summed E-state index contributed by atoms with van der Waals surface area (Å²) in [6.45, 7) is 4.48. The molecule has 0 radical (unpaired) electrons. The van der Waals surface area contributed by atoms with E-state index in [9.17, 15) is 18.0 Å². The Balaban J connectivity index is 1.93. The molecule has 3 N–H and O–H groups in total. The molecule has 0 aliphatic carbocycles. The standard InChI is InChI=1S/C18H27N3O4S/c1-13(19)7-10-20-18(23)16-8-11-21(12-9-16)26(24,25)17-5-3-15(4-6-17)14(2)22/h3-6,13,16H,7-12,19H2,1-2H3,(H,20,23). The van der Waals surface area contributed by atoms with Crippen LogP contribution in [-0.2, 0) is 14.8 Å². The van der Waals surface area contributed by atoms with E-state index in [-0.39, 0.29) is 28.5 Å². The van der Waals surface area contributed by atoms with Gasteiger partial charge in [0.2, 0.25) is 15.9 Å². The summed E-state index contributed by atoms with van der Waals surface area (Å²) in [7, 11) is -3.61. The minimum atomic E-state index is -3.61. The highest BCUT2D eigenvalue weighted by Gasteiger charge is 2.32. The van der Waals surface area contributed by atoms with Crippen molar-refractivity contribution in [2.45, 2.75) is 44.0 Å². The maximum Gasteiger partial charge on any atom is 0.243 e. The third kappa shape index (κ3) is 5.12. The van der Waals surface area contributed by atoms with Crippen LogP contribution < -0.4 is 11.1 Å². The van der Waals surface area contributed by atoms with E-state index in [1.165, 1.54) is 35.5 Å². The molecule has 1 saturated heterocycles. The second-order valence-electron chi connectivity index (χ2n) is 6.82. The molecule has 0 saturated carbocycles. The van der Waals surface area contributed by atoms with Crippen LogP contribution in [0.25, 0.3) is 0 Å². The van der Waals surface area contributed by atoms with Gasteiger partial charge in [0.15, 0.2) is 5.78 Å². The van der Waals surface area contributed by atoms with Crippen LogP contribution in [0.2, 0.25) is 0 Å². The maximum absolute atomic E-state index is 12.7. The number of Topliss-reactive ketones (excluding diaryl/α,β-unsaturated/α-hetero) is 1. The summed E-state index contributed by atoms with van der Waals surface area (Å²) in [5.41, 5.74) is 6.14. The number of amides is 1. The van der Waals surface area contributed by atoms with Crippen LogP contribution in [0.4, 0.5) is 0 Å². The Morgan fingerprint density at radius 3 is 2.31 bits per heavy atom. The predicted octanol–water partition coefficient (Wildman–Crippen LogP) is 1.14. The number of rotatable bonds is 7. The third-order valence-corrected chi connectivity index (χ3v) is 6.54. The monoisotopic (exact) mass is 381 g/mol. The summed E-state index contributed by atoms with van der Waals surface area (Å²) in [6, 6.07) is 6.00. The zero-order valence-electron chi connectivity index (χ0n) is 15.3. The average Bonchev–Trinajstić information content (AvgIpc) is 2.61. The highest BCUT2D eigenvalue weighted by atomic mass is 32.2. The van der Waals surface area contributed by atoms with Crippen LogP contribution in [0.5, 0.6) is 0 Å². The van der Waals surface area contributed by atoms with Crippen molar-refractivity contribution in [3.05, 3.63) is 29.8 Å². The highest BCUT2D eigenvalue weighted by molar-refractivity contribution is 7.89. The molecule has 0 spiro atoms. The zero-order valence-corrected chi connectivity index (χ0v) is 16.1. The van der Waals surface area contributed by atoms with Crippen molar-refractivity contribution in [1.29, 1.82) is 0 Å². The van der Waals surface area contributed by atoms with E-state index in [0.29, 0.717) is 38.0 Å². The highest BCUT2D eigenvalue weighted by Crippen LogP contribution is 2.24. The summed E-state index contributed by atoms with van der Waals surface area (Å²) < 4.78 is 26.8. The van der Waals surface area contributed by atoms with Gasteiger partial charge in [-0.05, 0) is 45.2 Å². The van der Waals surface area contributed by atoms with Crippen molar-refractivity contribution in [1.82, 2.24) is 9.62 Å². The van der Waals surface area contributed by atoms with Crippen molar-refractivity contribution in [3.63, 3.8) is 0 Å². The fourth-order valence-corrected chi connectivity index (χ4v) is 4.41. The van der Waals surface area contributed by atoms with Crippen LogP contribution in [0.15, 0.2) is 29.2 Å². The molecule has 26 heavy (non-hydrogen) atoms. The van der Waals surface area contributed by atoms with E-state index in [1.807, 2.05) is 6.92 Å². The minimum absolute atomic E-state index is 0.0338. The lowest BCUT2D eigenvalue weighted by molar-refractivity contribution is -0.126. The molecule has 0 aromatic heterocycles. The van der Waals surface area contributed by atoms with E-state index >= 15 is 0 Å². The molecule has 1 amide bonds. The first-order chi connectivity index (χ1) is 12.2. The van der Waals surface area contributed by atoms with Gasteiger partial charge in [0.1, 0.15) is 0 Å². The van der Waals surface area contributed by atoms with Crippen LogP contribution in [-0.4, -0.2) is 50.1 Å². The lowest BCUT2D eigenvalue weighted by Crippen LogP contribution is -2.43.